The van der Waals surface area contributed by atoms with Gasteiger partial charge in [0.15, 0.2) is 0 Å². The molecule has 1 aliphatic rings. The fourth-order valence-corrected chi connectivity index (χ4v) is 2.55. The Labute approximate surface area is 101 Å². The molecule has 1 rings (SSSR count). The summed E-state index contributed by atoms with van der Waals surface area (Å²) in [6, 6.07) is 0. The third-order valence-corrected chi connectivity index (χ3v) is 4.54. The predicted octanol–water partition coefficient (Wildman–Crippen LogP) is 4.17. The van der Waals surface area contributed by atoms with Gasteiger partial charge in [0.05, 0.1) is 5.60 Å². The maximum atomic E-state index is 10.3. The van der Waals surface area contributed by atoms with Crippen LogP contribution in [0.5, 0.6) is 0 Å². The van der Waals surface area contributed by atoms with Gasteiger partial charge in [0.25, 0.3) is 0 Å². The molecular weight excluding hydrogens is 196 g/mol. The highest BCUT2D eigenvalue weighted by Crippen LogP contribution is 2.50. The van der Waals surface area contributed by atoms with Gasteiger partial charge in [-0.25, -0.2) is 0 Å². The van der Waals surface area contributed by atoms with E-state index in [0.29, 0.717) is 5.92 Å². The molecule has 0 aromatic heterocycles. The first kappa shape index (κ1) is 13.8. The highest BCUT2D eigenvalue weighted by atomic mass is 16.3. The molecule has 0 unspecified atom stereocenters. The normalized spacial score (nSPS) is 34.1. The molecule has 0 bridgehead atoms. The summed E-state index contributed by atoms with van der Waals surface area (Å²) in [7, 11) is 0. The minimum Gasteiger partial charge on any atom is -0.390 e. The van der Waals surface area contributed by atoms with Crippen molar-refractivity contribution in [2.75, 3.05) is 0 Å². The summed E-state index contributed by atoms with van der Waals surface area (Å²) in [4.78, 5) is 0. The van der Waals surface area contributed by atoms with Crippen LogP contribution in [0.25, 0.3) is 0 Å². The first-order chi connectivity index (χ1) is 7.27. The van der Waals surface area contributed by atoms with E-state index < -0.39 is 5.60 Å². The van der Waals surface area contributed by atoms with Gasteiger partial charge in [-0.2, -0.15) is 0 Å². The molecule has 1 nitrogen and oxygen atoms in total. The minimum absolute atomic E-state index is 0.0152. The number of hydrogen-bond donors (Lipinski definition) is 1. The Hall–Kier alpha value is -0.300. The van der Waals surface area contributed by atoms with Crippen LogP contribution in [0.4, 0.5) is 0 Å². The van der Waals surface area contributed by atoms with Gasteiger partial charge >= 0.3 is 0 Å². The highest BCUT2D eigenvalue weighted by Gasteiger charge is 2.49. The molecule has 0 amide bonds. The summed E-state index contributed by atoms with van der Waals surface area (Å²) in [5.41, 5.74) is -0.485. The zero-order valence-electron chi connectivity index (χ0n) is 11.6. The molecule has 1 aliphatic carbocycles. The lowest BCUT2D eigenvalue weighted by Gasteiger charge is -2.36. The van der Waals surface area contributed by atoms with E-state index in [1.807, 2.05) is 6.92 Å². The summed E-state index contributed by atoms with van der Waals surface area (Å²) >= 11 is 0. The van der Waals surface area contributed by atoms with Crippen LogP contribution in [-0.4, -0.2) is 10.7 Å². The van der Waals surface area contributed by atoms with Crippen LogP contribution in [0.15, 0.2) is 12.2 Å². The molecule has 0 aromatic rings. The van der Waals surface area contributed by atoms with E-state index >= 15 is 0 Å². The number of rotatable bonds is 4. The molecule has 0 aliphatic heterocycles. The smallest absolute Gasteiger partial charge is 0.0676 e. The van der Waals surface area contributed by atoms with E-state index in [1.54, 1.807) is 0 Å². The lowest BCUT2D eigenvalue weighted by molar-refractivity contribution is -0.0356. The van der Waals surface area contributed by atoms with Crippen LogP contribution in [0.3, 0.4) is 0 Å². The fourth-order valence-electron chi connectivity index (χ4n) is 2.55. The van der Waals surface area contributed by atoms with Crippen molar-refractivity contribution in [2.45, 2.75) is 65.9 Å². The van der Waals surface area contributed by atoms with Crippen molar-refractivity contribution in [3.63, 3.8) is 0 Å². The molecule has 0 spiro atoms. The largest absolute Gasteiger partial charge is 0.390 e. The molecule has 16 heavy (non-hydrogen) atoms. The van der Waals surface area contributed by atoms with E-state index in [9.17, 15) is 5.11 Å². The first-order valence-corrected chi connectivity index (χ1v) is 6.66. The minimum atomic E-state index is -0.500. The second kappa shape index (κ2) is 4.91. The Morgan fingerprint density at radius 2 is 1.94 bits per heavy atom. The summed E-state index contributed by atoms with van der Waals surface area (Å²) in [6.45, 7) is 10.9. The van der Waals surface area contributed by atoms with Gasteiger partial charge in [-0.15, -0.1) is 0 Å². The summed E-state index contributed by atoms with van der Waals surface area (Å²) in [5.74, 6) is 1.32. The zero-order chi connectivity index (χ0) is 12.4. The maximum Gasteiger partial charge on any atom is 0.0676 e. The topological polar surface area (TPSA) is 20.2 Å². The number of aliphatic hydroxyl groups is 1. The van der Waals surface area contributed by atoms with Crippen molar-refractivity contribution in [3.05, 3.63) is 12.2 Å². The van der Waals surface area contributed by atoms with E-state index in [2.05, 4.69) is 39.8 Å². The molecule has 0 heterocycles. The molecule has 0 saturated heterocycles. The third kappa shape index (κ3) is 2.88. The fraction of sp³-hybridized carbons (Fsp3) is 0.867. The van der Waals surface area contributed by atoms with Crippen LogP contribution >= 0.6 is 0 Å². The Balaban J connectivity index is 2.50. The molecule has 1 fully saturated rings. The van der Waals surface area contributed by atoms with Crippen molar-refractivity contribution < 1.29 is 5.11 Å². The van der Waals surface area contributed by atoms with Crippen molar-refractivity contribution in [1.82, 2.24) is 0 Å². The van der Waals surface area contributed by atoms with Gasteiger partial charge in [0, 0.05) is 0 Å². The Bertz CT molecular complexity index is 248. The van der Waals surface area contributed by atoms with Gasteiger partial charge in [0.1, 0.15) is 0 Å². The molecule has 1 heteroatoms. The van der Waals surface area contributed by atoms with Gasteiger partial charge < -0.3 is 5.11 Å². The predicted molar refractivity (Wildman–Crippen MR) is 70.3 cm³/mol. The Kier molecular flexibility index (Phi) is 4.23. The Morgan fingerprint density at radius 3 is 2.38 bits per heavy atom. The molecule has 94 valence electrons. The van der Waals surface area contributed by atoms with Crippen molar-refractivity contribution in [2.24, 2.45) is 17.3 Å². The highest BCUT2D eigenvalue weighted by molar-refractivity contribution is 5.08. The van der Waals surface area contributed by atoms with Crippen LogP contribution < -0.4 is 0 Å². The SMILES string of the molecule is CC(C)CCC=C[C@@H]1CC[C@@](C)(O)C1(C)C. The van der Waals surface area contributed by atoms with Gasteiger partial charge in [-0.1, -0.05) is 39.8 Å². The third-order valence-electron chi connectivity index (χ3n) is 4.54. The second-order valence-corrected chi connectivity index (χ2v) is 6.54. The van der Waals surface area contributed by atoms with Gasteiger partial charge in [0.2, 0.25) is 0 Å². The maximum absolute atomic E-state index is 10.3. The van der Waals surface area contributed by atoms with Gasteiger partial charge in [-0.05, 0) is 49.9 Å². The number of allylic oxidation sites excluding steroid dienone is 2. The van der Waals surface area contributed by atoms with E-state index in [4.69, 9.17) is 0 Å². The molecule has 0 radical (unpaired) electrons. The van der Waals surface area contributed by atoms with Crippen LogP contribution in [0.1, 0.15) is 60.3 Å². The van der Waals surface area contributed by atoms with Crippen LogP contribution in [0.2, 0.25) is 0 Å². The average Bonchev–Trinajstić information content (AvgIpc) is 2.33. The molecule has 2 atom stereocenters. The first-order valence-electron chi connectivity index (χ1n) is 6.66. The summed E-state index contributed by atoms with van der Waals surface area (Å²) in [5, 5.41) is 10.3. The summed E-state index contributed by atoms with van der Waals surface area (Å²) < 4.78 is 0. The van der Waals surface area contributed by atoms with E-state index in [1.165, 1.54) is 12.8 Å². The van der Waals surface area contributed by atoms with E-state index in [-0.39, 0.29) is 5.41 Å². The lowest BCUT2D eigenvalue weighted by Crippen LogP contribution is -2.39. The van der Waals surface area contributed by atoms with Gasteiger partial charge in [-0.3, -0.25) is 0 Å². The van der Waals surface area contributed by atoms with Crippen molar-refractivity contribution in [3.8, 4) is 0 Å². The average molecular weight is 224 g/mol. The van der Waals surface area contributed by atoms with Crippen molar-refractivity contribution >= 4 is 0 Å². The Morgan fingerprint density at radius 1 is 1.31 bits per heavy atom. The monoisotopic (exact) mass is 224 g/mol. The lowest BCUT2D eigenvalue weighted by atomic mass is 9.73. The van der Waals surface area contributed by atoms with E-state index in [0.717, 1.165) is 18.8 Å². The summed E-state index contributed by atoms with van der Waals surface area (Å²) in [6.07, 6.45) is 9.14. The van der Waals surface area contributed by atoms with Crippen LogP contribution in [-0.2, 0) is 0 Å². The quantitative estimate of drug-likeness (QED) is 0.711. The standard InChI is InChI=1S/C15H28O/c1-12(2)8-6-7-9-13-10-11-15(5,16)14(13,3)4/h7,9,12-13,16H,6,8,10-11H2,1-5H3/t13-,15-/m1/s1. The zero-order valence-corrected chi connectivity index (χ0v) is 11.6. The van der Waals surface area contributed by atoms with Crippen molar-refractivity contribution in [1.29, 1.82) is 0 Å². The molecule has 1 N–H and O–H groups in total. The van der Waals surface area contributed by atoms with Crippen LogP contribution in [0, 0.1) is 17.3 Å². The molecule has 1 saturated carbocycles. The molecule has 0 aromatic carbocycles. The molecular formula is C15H28O. The number of hydrogen-bond acceptors (Lipinski definition) is 1. The second-order valence-electron chi connectivity index (χ2n) is 6.54.